The molecule has 0 saturated heterocycles. The second-order valence-electron chi connectivity index (χ2n) is 4.99. The van der Waals surface area contributed by atoms with Crippen LogP contribution in [0.2, 0.25) is 0 Å². The number of anilines is 2. The number of nitrogens with zero attached hydrogens (tertiary/aromatic N) is 3. The van der Waals surface area contributed by atoms with Crippen LogP contribution in [0.4, 0.5) is 11.6 Å². The number of aromatic nitrogens is 2. The molecule has 4 heteroatoms. The van der Waals surface area contributed by atoms with Crippen molar-refractivity contribution in [1.29, 1.82) is 0 Å². The number of hydrogen-bond acceptors (Lipinski definition) is 4. The maximum Gasteiger partial charge on any atom is 0.223 e. The van der Waals surface area contributed by atoms with Gasteiger partial charge in [-0.2, -0.15) is 0 Å². The van der Waals surface area contributed by atoms with E-state index < -0.39 is 0 Å². The average molecular weight is 254 g/mol. The maximum atomic E-state index is 4.42. The first-order chi connectivity index (χ1) is 9.24. The largest absolute Gasteiger partial charge is 0.374 e. The fourth-order valence-electron chi connectivity index (χ4n) is 2.55. The van der Waals surface area contributed by atoms with Gasteiger partial charge in [0.1, 0.15) is 0 Å². The first-order valence-corrected chi connectivity index (χ1v) is 6.60. The number of benzene rings is 1. The van der Waals surface area contributed by atoms with Crippen molar-refractivity contribution in [2.24, 2.45) is 0 Å². The zero-order valence-corrected chi connectivity index (χ0v) is 11.3. The topological polar surface area (TPSA) is 41.1 Å². The molecule has 1 aliphatic rings. The summed E-state index contributed by atoms with van der Waals surface area (Å²) < 4.78 is 0. The Morgan fingerprint density at radius 2 is 2.11 bits per heavy atom. The van der Waals surface area contributed by atoms with Gasteiger partial charge in [-0.15, -0.1) is 0 Å². The first kappa shape index (κ1) is 12.0. The summed E-state index contributed by atoms with van der Waals surface area (Å²) >= 11 is 0. The molecule has 4 nitrogen and oxygen atoms in total. The van der Waals surface area contributed by atoms with Crippen LogP contribution in [0.3, 0.4) is 0 Å². The van der Waals surface area contributed by atoms with Crippen LogP contribution in [0.5, 0.6) is 0 Å². The fraction of sp³-hybridized carbons (Fsp3) is 0.333. The summed E-state index contributed by atoms with van der Waals surface area (Å²) in [7, 11) is 2.14. The van der Waals surface area contributed by atoms with Gasteiger partial charge in [-0.25, -0.2) is 9.97 Å². The van der Waals surface area contributed by atoms with Crippen molar-refractivity contribution < 1.29 is 0 Å². The number of fused-ring (bicyclic) bond motifs is 1. The molecule has 1 aromatic carbocycles. The third kappa shape index (κ3) is 2.38. The Kier molecular flexibility index (Phi) is 3.07. The van der Waals surface area contributed by atoms with Gasteiger partial charge in [0.2, 0.25) is 5.95 Å². The van der Waals surface area contributed by atoms with E-state index in [0.29, 0.717) is 5.95 Å². The summed E-state index contributed by atoms with van der Waals surface area (Å²) in [5.74, 6) is 0.712. The van der Waals surface area contributed by atoms with Crippen LogP contribution in [0, 0.1) is 6.92 Å². The lowest BCUT2D eigenvalue weighted by Gasteiger charge is -2.33. The molecule has 2 aromatic rings. The molecule has 1 N–H and O–H groups in total. The third-order valence-corrected chi connectivity index (χ3v) is 3.57. The Morgan fingerprint density at radius 1 is 1.26 bits per heavy atom. The molecule has 1 aromatic heterocycles. The van der Waals surface area contributed by atoms with Crippen molar-refractivity contribution in [3.8, 4) is 0 Å². The summed E-state index contributed by atoms with van der Waals surface area (Å²) in [5.41, 5.74) is 3.60. The molecule has 1 unspecified atom stereocenters. The molecule has 0 amide bonds. The molecule has 0 radical (unpaired) electrons. The highest BCUT2D eigenvalue weighted by atomic mass is 15.2. The molecule has 1 aliphatic heterocycles. The summed E-state index contributed by atoms with van der Waals surface area (Å²) in [5, 5.41) is 3.45. The van der Waals surface area contributed by atoms with Gasteiger partial charge in [0.15, 0.2) is 0 Å². The Bertz CT molecular complexity index is 582. The van der Waals surface area contributed by atoms with Crippen LogP contribution < -0.4 is 10.2 Å². The predicted octanol–water partition coefficient (Wildman–Crippen LogP) is 2.78. The SMILES string of the molecule is Cc1ccnc(NC2CCN(C)c3ccccc32)n1. The fourth-order valence-corrected chi connectivity index (χ4v) is 2.55. The van der Waals surface area contributed by atoms with Gasteiger partial charge in [0.05, 0.1) is 6.04 Å². The van der Waals surface area contributed by atoms with Crippen LogP contribution in [0.1, 0.15) is 23.7 Å². The zero-order chi connectivity index (χ0) is 13.2. The van der Waals surface area contributed by atoms with E-state index in [2.05, 4.69) is 51.5 Å². The number of para-hydroxylation sites is 1. The van der Waals surface area contributed by atoms with E-state index >= 15 is 0 Å². The molecule has 0 aliphatic carbocycles. The van der Waals surface area contributed by atoms with Gasteiger partial charge in [-0.05, 0) is 31.0 Å². The molecular formula is C15H18N4. The summed E-state index contributed by atoms with van der Waals surface area (Å²) in [6, 6.07) is 10.7. The van der Waals surface area contributed by atoms with Crippen molar-refractivity contribution in [2.45, 2.75) is 19.4 Å². The van der Waals surface area contributed by atoms with Gasteiger partial charge < -0.3 is 10.2 Å². The molecule has 3 rings (SSSR count). The number of aryl methyl sites for hydroxylation is 1. The van der Waals surface area contributed by atoms with Crippen LogP contribution in [-0.2, 0) is 0 Å². The van der Waals surface area contributed by atoms with E-state index in [1.165, 1.54) is 11.3 Å². The Balaban J connectivity index is 1.89. The van der Waals surface area contributed by atoms with Crippen molar-refractivity contribution in [1.82, 2.24) is 9.97 Å². The molecule has 19 heavy (non-hydrogen) atoms. The Labute approximate surface area is 113 Å². The van der Waals surface area contributed by atoms with Gasteiger partial charge in [0.25, 0.3) is 0 Å². The highest BCUT2D eigenvalue weighted by Crippen LogP contribution is 2.34. The minimum atomic E-state index is 0.286. The molecule has 0 spiro atoms. The standard InChI is InChI=1S/C15H18N4/c1-11-7-9-16-15(17-11)18-13-8-10-19(2)14-6-4-3-5-12(13)14/h3-7,9,13H,8,10H2,1-2H3,(H,16,17,18). The highest BCUT2D eigenvalue weighted by molar-refractivity contribution is 5.58. The normalized spacial score (nSPS) is 18.0. The molecule has 2 heterocycles. The third-order valence-electron chi connectivity index (χ3n) is 3.57. The van der Waals surface area contributed by atoms with Crippen LogP contribution in [-0.4, -0.2) is 23.6 Å². The summed E-state index contributed by atoms with van der Waals surface area (Å²) in [4.78, 5) is 11.0. The van der Waals surface area contributed by atoms with E-state index in [1.807, 2.05) is 13.0 Å². The molecule has 98 valence electrons. The first-order valence-electron chi connectivity index (χ1n) is 6.60. The van der Waals surface area contributed by atoms with E-state index in [1.54, 1.807) is 6.20 Å². The monoisotopic (exact) mass is 254 g/mol. The van der Waals surface area contributed by atoms with Crippen molar-refractivity contribution in [2.75, 3.05) is 23.8 Å². The second-order valence-corrected chi connectivity index (χ2v) is 4.99. The van der Waals surface area contributed by atoms with Crippen molar-refractivity contribution in [3.05, 3.63) is 47.8 Å². The number of rotatable bonds is 2. The summed E-state index contributed by atoms with van der Waals surface area (Å²) in [6.45, 7) is 3.02. The highest BCUT2D eigenvalue weighted by Gasteiger charge is 2.23. The maximum absolute atomic E-state index is 4.42. The van der Waals surface area contributed by atoms with E-state index in [-0.39, 0.29) is 6.04 Å². The average Bonchev–Trinajstić information content (AvgIpc) is 2.42. The molecular weight excluding hydrogens is 236 g/mol. The van der Waals surface area contributed by atoms with Crippen molar-refractivity contribution in [3.63, 3.8) is 0 Å². The second kappa shape index (κ2) is 4.88. The molecule has 0 saturated carbocycles. The number of hydrogen-bond donors (Lipinski definition) is 1. The lowest BCUT2D eigenvalue weighted by Crippen LogP contribution is -2.30. The van der Waals surface area contributed by atoms with Gasteiger partial charge in [-0.1, -0.05) is 18.2 Å². The molecule has 1 atom stereocenters. The Hall–Kier alpha value is -2.10. The lowest BCUT2D eigenvalue weighted by molar-refractivity contribution is 0.643. The van der Waals surface area contributed by atoms with Crippen LogP contribution in [0.25, 0.3) is 0 Å². The van der Waals surface area contributed by atoms with E-state index in [0.717, 1.165) is 18.7 Å². The van der Waals surface area contributed by atoms with Gasteiger partial charge >= 0.3 is 0 Å². The zero-order valence-electron chi connectivity index (χ0n) is 11.3. The van der Waals surface area contributed by atoms with Crippen LogP contribution >= 0.6 is 0 Å². The van der Waals surface area contributed by atoms with Gasteiger partial charge in [-0.3, -0.25) is 0 Å². The van der Waals surface area contributed by atoms with E-state index in [9.17, 15) is 0 Å². The van der Waals surface area contributed by atoms with Gasteiger partial charge in [0, 0.05) is 31.2 Å². The Morgan fingerprint density at radius 3 is 2.95 bits per heavy atom. The minimum Gasteiger partial charge on any atom is -0.374 e. The van der Waals surface area contributed by atoms with Crippen molar-refractivity contribution >= 4 is 11.6 Å². The molecule has 0 fully saturated rings. The van der Waals surface area contributed by atoms with Crippen LogP contribution in [0.15, 0.2) is 36.5 Å². The summed E-state index contributed by atoms with van der Waals surface area (Å²) in [6.07, 6.45) is 2.86. The lowest BCUT2D eigenvalue weighted by atomic mass is 9.97. The quantitative estimate of drug-likeness (QED) is 0.894. The smallest absolute Gasteiger partial charge is 0.223 e. The number of nitrogens with one attached hydrogen (secondary N) is 1. The van der Waals surface area contributed by atoms with E-state index in [4.69, 9.17) is 0 Å². The minimum absolute atomic E-state index is 0.286. The predicted molar refractivity (Wildman–Crippen MR) is 77.5 cm³/mol. The molecule has 0 bridgehead atoms.